The summed E-state index contributed by atoms with van der Waals surface area (Å²) in [7, 11) is 0. The van der Waals surface area contributed by atoms with Crippen LogP contribution in [-0.2, 0) is 15.1 Å². The third-order valence-corrected chi connectivity index (χ3v) is 5.28. The van der Waals surface area contributed by atoms with Gasteiger partial charge in [0.25, 0.3) is 5.91 Å². The highest BCUT2D eigenvalue weighted by molar-refractivity contribution is 6.07. The average molecular weight is 401 g/mol. The highest BCUT2D eigenvalue weighted by Gasteiger charge is 2.49. The molecule has 2 N–H and O–H groups in total. The number of benzene rings is 1. The van der Waals surface area contributed by atoms with E-state index in [1.165, 1.54) is 11.0 Å². The number of hydrogen-bond acceptors (Lipinski definition) is 8. The molecule has 0 radical (unpaired) electrons. The van der Waals surface area contributed by atoms with Crippen molar-refractivity contribution in [3.8, 4) is 5.69 Å². The quantitative estimate of drug-likeness (QED) is 0.598. The Bertz CT molecular complexity index is 884. The molecule has 0 saturated carbocycles. The molecule has 2 fully saturated rings. The summed E-state index contributed by atoms with van der Waals surface area (Å²) < 4.78 is 6.77. The van der Waals surface area contributed by atoms with Crippen molar-refractivity contribution in [3.05, 3.63) is 36.2 Å². The van der Waals surface area contributed by atoms with Gasteiger partial charge in [-0.05, 0) is 35.0 Å². The van der Waals surface area contributed by atoms with Crippen LogP contribution in [-0.4, -0.2) is 92.5 Å². The van der Waals surface area contributed by atoms with E-state index in [1.54, 1.807) is 31.2 Å². The van der Waals surface area contributed by atoms with Gasteiger partial charge in [-0.25, -0.2) is 9.48 Å². The van der Waals surface area contributed by atoms with Gasteiger partial charge in [-0.15, -0.1) is 5.10 Å². The number of carbonyl (C=O) groups is 2. The molecule has 29 heavy (non-hydrogen) atoms. The topological polar surface area (TPSA) is 126 Å². The fraction of sp³-hybridized carbons (Fsp3) is 0.500. The lowest BCUT2D eigenvalue weighted by molar-refractivity contribution is -0.132. The van der Waals surface area contributed by atoms with Gasteiger partial charge >= 0.3 is 6.03 Å². The van der Waals surface area contributed by atoms with Crippen molar-refractivity contribution in [2.45, 2.75) is 18.6 Å². The molecule has 2 atom stereocenters. The summed E-state index contributed by atoms with van der Waals surface area (Å²) in [6.07, 6.45) is 0.614. The molecule has 1 aromatic heterocycles. The van der Waals surface area contributed by atoms with Crippen LogP contribution in [0.1, 0.15) is 12.5 Å². The Kier molecular flexibility index (Phi) is 5.26. The van der Waals surface area contributed by atoms with Gasteiger partial charge < -0.3 is 15.2 Å². The smallest absolute Gasteiger partial charge is 0.325 e. The zero-order valence-corrected chi connectivity index (χ0v) is 16.1. The van der Waals surface area contributed by atoms with E-state index in [4.69, 9.17) is 4.74 Å². The molecule has 0 spiro atoms. The molecule has 2 aliphatic heterocycles. The molecule has 11 nitrogen and oxygen atoms in total. The van der Waals surface area contributed by atoms with E-state index in [9.17, 15) is 14.7 Å². The first kappa shape index (κ1) is 19.4. The molecule has 2 aromatic rings. The van der Waals surface area contributed by atoms with Crippen molar-refractivity contribution >= 4 is 11.9 Å². The van der Waals surface area contributed by atoms with Crippen molar-refractivity contribution in [2.24, 2.45) is 0 Å². The zero-order chi connectivity index (χ0) is 20.4. The molecule has 2 aliphatic rings. The van der Waals surface area contributed by atoms with Gasteiger partial charge in [0.15, 0.2) is 0 Å². The van der Waals surface area contributed by atoms with Crippen LogP contribution >= 0.6 is 0 Å². The van der Waals surface area contributed by atoms with Gasteiger partial charge in [-0.3, -0.25) is 14.6 Å². The number of rotatable bonds is 6. The second kappa shape index (κ2) is 7.85. The third-order valence-electron chi connectivity index (χ3n) is 5.28. The number of hydrogen-bond donors (Lipinski definition) is 2. The molecule has 0 aliphatic carbocycles. The van der Waals surface area contributed by atoms with Crippen molar-refractivity contribution in [1.82, 2.24) is 35.3 Å². The third kappa shape index (κ3) is 3.84. The molecule has 11 heteroatoms. The summed E-state index contributed by atoms with van der Waals surface area (Å²) in [6, 6.07) is 6.56. The van der Waals surface area contributed by atoms with Gasteiger partial charge in [0.1, 0.15) is 11.9 Å². The Morgan fingerprint density at radius 3 is 2.79 bits per heavy atom. The van der Waals surface area contributed by atoms with Crippen LogP contribution in [0.15, 0.2) is 30.6 Å². The number of ether oxygens (including phenoxy) is 1. The minimum atomic E-state index is -1.24. The Labute approximate surface area is 167 Å². The molecule has 154 valence electrons. The van der Waals surface area contributed by atoms with Gasteiger partial charge in [0.05, 0.1) is 31.5 Å². The summed E-state index contributed by atoms with van der Waals surface area (Å²) in [4.78, 5) is 28.8. The zero-order valence-electron chi connectivity index (χ0n) is 16.1. The fourth-order valence-corrected chi connectivity index (χ4v) is 3.65. The minimum Gasteiger partial charge on any atom is -0.390 e. The van der Waals surface area contributed by atoms with E-state index in [-0.39, 0.29) is 6.54 Å². The van der Waals surface area contributed by atoms with E-state index in [0.29, 0.717) is 31.0 Å². The standard InChI is InChI=1S/C18H23N7O4/c1-18(13-3-2-4-14(9-13)25-12-19-21-22-25)16(27)24(17(28)20-18)11-15(26)10-23-5-7-29-8-6-23/h2-4,9,12,15,26H,5-8,10-11H2,1H3,(H,20,28)/t15-,18-/m1/s1. The second-order valence-electron chi connectivity index (χ2n) is 7.34. The van der Waals surface area contributed by atoms with Crippen LogP contribution in [0, 0.1) is 0 Å². The number of amides is 3. The van der Waals surface area contributed by atoms with E-state index >= 15 is 0 Å². The maximum atomic E-state index is 13.1. The first-order valence-corrected chi connectivity index (χ1v) is 9.43. The van der Waals surface area contributed by atoms with E-state index in [1.807, 2.05) is 0 Å². The number of imide groups is 1. The number of aromatic nitrogens is 4. The van der Waals surface area contributed by atoms with Crippen LogP contribution < -0.4 is 5.32 Å². The first-order chi connectivity index (χ1) is 14.0. The Balaban J connectivity index is 1.49. The first-order valence-electron chi connectivity index (χ1n) is 9.43. The van der Waals surface area contributed by atoms with Gasteiger partial charge in [-0.2, -0.15) is 0 Å². The fourth-order valence-electron chi connectivity index (χ4n) is 3.65. The molecule has 0 bridgehead atoms. The molecule has 3 heterocycles. The van der Waals surface area contributed by atoms with E-state index < -0.39 is 23.6 Å². The van der Waals surface area contributed by atoms with Gasteiger partial charge in [0, 0.05) is 19.6 Å². The number of nitrogens with zero attached hydrogens (tertiary/aromatic N) is 6. The Hall–Kier alpha value is -2.89. The Morgan fingerprint density at radius 1 is 1.28 bits per heavy atom. The number of β-amino-alcohol motifs (C(OH)–C–C–N with tert-alkyl or cyclic N) is 1. The summed E-state index contributed by atoms with van der Waals surface area (Å²) in [5.41, 5.74) is 0.0374. The number of tetrazole rings is 1. The van der Waals surface area contributed by atoms with E-state index in [2.05, 4.69) is 25.7 Å². The number of urea groups is 1. The normalized spacial score (nSPS) is 24.0. The van der Waals surface area contributed by atoms with Crippen LogP contribution in [0.2, 0.25) is 0 Å². The highest BCUT2D eigenvalue weighted by Crippen LogP contribution is 2.30. The maximum Gasteiger partial charge on any atom is 0.325 e. The number of morpholine rings is 1. The van der Waals surface area contributed by atoms with Crippen molar-refractivity contribution < 1.29 is 19.4 Å². The van der Waals surface area contributed by atoms with Crippen LogP contribution in [0.4, 0.5) is 4.79 Å². The van der Waals surface area contributed by atoms with Crippen molar-refractivity contribution in [1.29, 1.82) is 0 Å². The molecule has 0 unspecified atom stereocenters. The molecule has 2 saturated heterocycles. The molecule has 1 aromatic carbocycles. The highest BCUT2D eigenvalue weighted by atomic mass is 16.5. The average Bonchev–Trinajstić information content (AvgIpc) is 3.33. The predicted octanol–water partition coefficient (Wildman–Crippen LogP) is -0.878. The largest absolute Gasteiger partial charge is 0.390 e. The van der Waals surface area contributed by atoms with Crippen molar-refractivity contribution in [3.63, 3.8) is 0 Å². The summed E-state index contributed by atoms with van der Waals surface area (Å²) in [6.45, 7) is 4.64. The number of aliphatic hydroxyl groups excluding tert-OH is 1. The van der Waals surface area contributed by atoms with Crippen LogP contribution in [0.5, 0.6) is 0 Å². The monoisotopic (exact) mass is 401 g/mol. The van der Waals surface area contributed by atoms with E-state index in [0.717, 1.165) is 18.0 Å². The molecular weight excluding hydrogens is 378 g/mol. The molecular formula is C18H23N7O4. The lowest BCUT2D eigenvalue weighted by Gasteiger charge is -2.29. The molecule has 4 rings (SSSR count). The Morgan fingerprint density at radius 2 is 2.07 bits per heavy atom. The lowest BCUT2D eigenvalue weighted by Crippen LogP contribution is -2.46. The number of aliphatic hydroxyl groups is 1. The lowest BCUT2D eigenvalue weighted by atomic mass is 9.91. The number of nitrogens with one attached hydrogen (secondary N) is 1. The number of carbonyl (C=O) groups excluding carboxylic acids is 2. The maximum absolute atomic E-state index is 13.1. The predicted molar refractivity (Wildman–Crippen MR) is 100 cm³/mol. The minimum absolute atomic E-state index is 0.0652. The van der Waals surface area contributed by atoms with Gasteiger partial charge in [-0.1, -0.05) is 12.1 Å². The van der Waals surface area contributed by atoms with Crippen molar-refractivity contribution in [2.75, 3.05) is 39.4 Å². The second-order valence-corrected chi connectivity index (χ2v) is 7.34. The summed E-state index contributed by atoms with van der Waals surface area (Å²) >= 11 is 0. The van der Waals surface area contributed by atoms with Gasteiger partial charge in [0.2, 0.25) is 0 Å². The molecule has 3 amide bonds. The van der Waals surface area contributed by atoms with Crippen LogP contribution in [0.3, 0.4) is 0 Å². The van der Waals surface area contributed by atoms with Crippen LogP contribution in [0.25, 0.3) is 5.69 Å². The SMILES string of the molecule is C[C@]1(c2cccc(-n3cnnn3)c2)NC(=O)N(C[C@H](O)CN2CCOCC2)C1=O. The summed E-state index contributed by atoms with van der Waals surface area (Å²) in [5.74, 6) is -0.405. The summed E-state index contributed by atoms with van der Waals surface area (Å²) in [5, 5.41) is 24.3.